The van der Waals surface area contributed by atoms with Gasteiger partial charge < -0.3 is 14.7 Å². The van der Waals surface area contributed by atoms with Crippen LogP contribution in [-0.4, -0.2) is 86.1 Å². The van der Waals surface area contributed by atoms with Crippen LogP contribution in [0.15, 0.2) is 28.2 Å². The summed E-state index contributed by atoms with van der Waals surface area (Å²) in [7, 11) is -3.39. The Morgan fingerprint density at radius 3 is 2.68 bits per heavy atom. The normalized spacial score (nSPS) is 24.7. The summed E-state index contributed by atoms with van der Waals surface area (Å²) in [6.45, 7) is 5.27. The van der Waals surface area contributed by atoms with Crippen LogP contribution in [0.2, 0.25) is 0 Å². The Morgan fingerprint density at radius 2 is 2.03 bits per heavy atom. The molecule has 1 N–H and O–H groups in total. The fourth-order valence-electron chi connectivity index (χ4n) is 5.98. The summed E-state index contributed by atoms with van der Waals surface area (Å²) in [5, 5.41) is 8.96. The molecule has 208 valence electrons. The van der Waals surface area contributed by atoms with Crippen LogP contribution < -0.4 is 4.74 Å². The summed E-state index contributed by atoms with van der Waals surface area (Å²) in [6, 6.07) is 3.55. The van der Waals surface area contributed by atoms with Gasteiger partial charge in [0.15, 0.2) is 11.6 Å². The van der Waals surface area contributed by atoms with Crippen LogP contribution in [0.1, 0.15) is 56.6 Å². The van der Waals surface area contributed by atoms with E-state index in [1.165, 1.54) is 10.4 Å². The highest BCUT2D eigenvalue weighted by atomic mass is 32.2. The van der Waals surface area contributed by atoms with Crippen molar-refractivity contribution in [1.29, 1.82) is 0 Å². The van der Waals surface area contributed by atoms with Gasteiger partial charge in [0, 0.05) is 56.9 Å². The van der Waals surface area contributed by atoms with Crippen LogP contribution >= 0.6 is 0 Å². The monoisotopic (exact) mass is 546 g/mol. The molecule has 5 rings (SSSR count). The first kappa shape index (κ1) is 27.3. The first-order chi connectivity index (χ1) is 18.4. The van der Waals surface area contributed by atoms with Crippen LogP contribution in [-0.2, 0) is 16.4 Å². The average molecular weight is 547 g/mol. The summed E-state index contributed by atoms with van der Waals surface area (Å²) in [4.78, 5) is 11.6. The van der Waals surface area contributed by atoms with Gasteiger partial charge in [-0.25, -0.2) is 17.8 Å². The van der Waals surface area contributed by atoms with Gasteiger partial charge in [-0.1, -0.05) is 19.4 Å². The van der Waals surface area contributed by atoms with E-state index in [0.717, 1.165) is 68.0 Å². The maximum Gasteiger partial charge on any atom is 0.220 e. The van der Waals surface area contributed by atoms with E-state index >= 15 is 4.39 Å². The third-order valence-electron chi connectivity index (χ3n) is 8.18. The van der Waals surface area contributed by atoms with Gasteiger partial charge in [0.1, 0.15) is 6.10 Å². The number of hydrogen-bond donors (Lipinski definition) is 1. The average Bonchev–Trinajstić information content (AvgIpc) is 3.38. The number of likely N-dealkylation sites (tertiary alicyclic amines) is 1. The fraction of sp³-hybridized carbons (Fsp3) is 0.643. The number of guanidine groups is 1. The Kier molecular flexibility index (Phi) is 8.50. The van der Waals surface area contributed by atoms with Crippen LogP contribution in [0, 0.1) is 17.7 Å². The van der Waals surface area contributed by atoms with Gasteiger partial charge in [-0.05, 0) is 61.3 Å². The zero-order valence-corrected chi connectivity index (χ0v) is 23.0. The van der Waals surface area contributed by atoms with Gasteiger partial charge in [0.05, 0.1) is 12.3 Å². The lowest BCUT2D eigenvalue weighted by molar-refractivity contribution is 0.110. The number of aliphatic imine (C=N–C) groups is 2. The lowest BCUT2D eigenvalue weighted by atomic mass is 9.88. The molecule has 0 spiro atoms. The van der Waals surface area contributed by atoms with Crippen LogP contribution in [0.4, 0.5) is 4.39 Å². The zero-order valence-electron chi connectivity index (χ0n) is 22.2. The number of aliphatic hydroxyl groups excluding tert-OH is 1. The van der Waals surface area contributed by atoms with E-state index in [1.807, 2.05) is 12.1 Å². The highest BCUT2D eigenvalue weighted by molar-refractivity contribution is 7.89. The maximum absolute atomic E-state index is 15.1. The molecule has 0 amide bonds. The van der Waals surface area contributed by atoms with E-state index in [4.69, 9.17) is 14.8 Å². The van der Waals surface area contributed by atoms with Crippen LogP contribution in [0.3, 0.4) is 0 Å². The molecule has 1 saturated heterocycles. The Bertz CT molecular complexity index is 1210. The number of nitrogens with zero attached hydrogens (tertiary/aromatic N) is 4. The largest absolute Gasteiger partial charge is 0.486 e. The van der Waals surface area contributed by atoms with E-state index in [2.05, 4.69) is 23.0 Å². The standard InChI is InChI=1S/C28H39FN4O4S/c1-2-4-20-18-30-28(31-19-20)32-9-5-22(6-10-32)26-17-24-15-23(16-25(29)27(24)37-26)21-7-11-33(12-8-21)38(35,36)14-3-13-34/h7,15-16,18,20,22,26,34H,2-6,8-14,17,19H2,1H3. The minimum Gasteiger partial charge on any atom is -0.486 e. The molecule has 4 aliphatic heterocycles. The number of fused-ring (bicyclic) bond motifs is 1. The van der Waals surface area contributed by atoms with Crippen LogP contribution in [0.25, 0.3) is 5.57 Å². The van der Waals surface area contributed by atoms with E-state index in [9.17, 15) is 8.42 Å². The van der Waals surface area contributed by atoms with Crippen molar-refractivity contribution in [2.45, 2.75) is 58.0 Å². The molecule has 0 aromatic heterocycles. The molecule has 8 nitrogen and oxygen atoms in total. The molecule has 10 heteroatoms. The topological polar surface area (TPSA) is 94.8 Å². The first-order valence-electron chi connectivity index (χ1n) is 14.0. The molecule has 4 heterocycles. The number of hydrogen-bond acceptors (Lipinski definition) is 7. The van der Waals surface area contributed by atoms with Gasteiger partial charge in [-0.3, -0.25) is 4.99 Å². The lowest BCUT2D eigenvalue weighted by Crippen LogP contribution is -2.42. The summed E-state index contributed by atoms with van der Waals surface area (Å²) in [5.74, 6) is 1.63. The van der Waals surface area contributed by atoms with E-state index in [0.29, 0.717) is 37.0 Å². The zero-order chi connectivity index (χ0) is 26.7. The van der Waals surface area contributed by atoms with Crippen molar-refractivity contribution in [3.63, 3.8) is 0 Å². The number of piperidine rings is 1. The Labute approximate surface area is 225 Å². The first-order valence-corrected chi connectivity index (χ1v) is 15.6. The minimum absolute atomic E-state index is 0.0323. The summed E-state index contributed by atoms with van der Waals surface area (Å²) in [6.07, 6.45) is 9.56. The highest BCUT2D eigenvalue weighted by Crippen LogP contribution is 2.39. The third kappa shape index (κ3) is 5.97. The predicted octanol–water partition coefficient (Wildman–Crippen LogP) is 3.50. The van der Waals surface area contributed by atoms with E-state index in [1.54, 1.807) is 0 Å². The molecule has 0 bridgehead atoms. The molecule has 38 heavy (non-hydrogen) atoms. The number of benzene rings is 1. The molecule has 1 aromatic rings. The van der Waals surface area contributed by atoms with Crippen molar-refractivity contribution in [2.75, 3.05) is 45.1 Å². The van der Waals surface area contributed by atoms with Gasteiger partial charge in [0.25, 0.3) is 0 Å². The quantitative estimate of drug-likeness (QED) is 0.539. The highest BCUT2D eigenvalue weighted by Gasteiger charge is 2.36. The predicted molar refractivity (Wildman–Crippen MR) is 148 cm³/mol. The van der Waals surface area contributed by atoms with Crippen molar-refractivity contribution in [3.8, 4) is 5.75 Å². The molecular formula is C28H39FN4O4S. The molecule has 2 atom stereocenters. The second kappa shape index (κ2) is 11.8. The summed E-state index contributed by atoms with van der Waals surface area (Å²) in [5.41, 5.74) is 2.67. The molecule has 0 saturated carbocycles. The molecule has 0 radical (unpaired) electrons. The molecule has 2 unspecified atom stereocenters. The second-order valence-corrected chi connectivity index (χ2v) is 12.9. The number of ether oxygens (including phenoxy) is 1. The summed E-state index contributed by atoms with van der Waals surface area (Å²) >= 11 is 0. The Hall–Kier alpha value is -2.30. The molecule has 1 aromatic carbocycles. The van der Waals surface area contributed by atoms with Crippen molar-refractivity contribution in [1.82, 2.24) is 9.21 Å². The van der Waals surface area contributed by atoms with Crippen molar-refractivity contribution in [3.05, 3.63) is 35.2 Å². The van der Waals surface area contributed by atoms with Gasteiger partial charge in [0.2, 0.25) is 16.0 Å². The Balaban J connectivity index is 1.18. The SMILES string of the molecule is CCCC1C=NC(N2CCC(C3Cc4cc(C5=CCN(S(=O)(=O)CCCO)CC5)cc(F)c4O3)CC2)=NC1. The van der Waals surface area contributed by atoms with Crippen molar-refractivity contribution >= 4 is 27.8 Å². The van der Waals surface area contributed by atoms with Gasteiger partial charge in [-0.15, -0.1) is 0 Å². The van der Waals surface area contributed by atoms with E-state index in [-0.39, 0.29) is 37.2 Å². The molecule has 1 fully saturated rings. The lowest BCUT2D eigenvalue weighted by Gasteiger charge is -2.35. The van der Waals surface area contributed by atoms with Gasteiger partial charge >= 0.3 is 0 Å². The molecular weight excluding hydrogens is 507 g/mol. The van der Waals surface area contributed by atoms with Crippen molar-refractivity contribution < 1.29 is 22.7 Å². The molecule has 0 aliphatic carbocycles. The number of aliphatic hydroxyl groups is 1. The third-order valence-corrected chi connectivity index (χ3v) is 10.1. The second-order valence-electron chi connectivity index (χ2n) is 10.8. The number of sulfonamides is 1. The number of halogens is 1. The van der Waals surface area contributed by atoms with Gasteiger partial charge in [-0.2, -0.15) is 4.31 Å². The fourth-order valence-corrected chi connectivity index (χ4v) is 7.41. The maximum atomic E-state index is 15.1. The summed E-state index contributed by atoms with van der Waals surface area (Å²) < 4.78 is 47.6. The smallest absolute Gasteiger partial charge is 0.220 e. The Morgan fingerprint density at radius 1 is 1.21 bits per heavy atom. The minimum atomic E-state index is -3.39. The van der Waals surface area contributed by atoms with E-state index < -0.39 is 10.0 Å². The van der Waals surface area contributed by atoms with Crippen LogP contribution in [0.5, 0.6) is 5.75 Å². The van der Waals surface area contributed by atoms with Crippen molar-refractivity contribution in [2.24, 2.45) is 21.8 Å². The number of rotatable bonds is 8. The molecule has 4 aliphatic rings.